The lowest BCUT2D eigenvalue weighted by Crippen LogP contribution is -2.24. The third-order valence-corrected chi connectivity index (χ3v) is 4.87. The molecule has 1 aromatic heterocycles. The number of nitrogens with one attached hydrogen (secondary N) is 1. The maximum absolute atomic E-state index is 12.7. The molecule has 24 heavy (non-hydrogen) atoms. The van der Waals surface area contributed by atoms with Crippen molar-refractivity contribution >= 4 is 17.4 Å². The van der Waals surface area contributed by atoms with Crippen molar-refractivity contribution in [2.75, 3.05) is 11.9 Å². The molecular formula is C19H22ClN3O. The highest BCUT2D eigenvalue weighted by Crippen LogP contribution is 2.21. The normalized spacial score (nSPS) is 14.3. The summed E-state index contributed by atoms with van der Waals surface area (Å²) in [5.41, 5.74) is 3.00. The van der Waals surface area contributed by atoms with Gasteiger partial charge in [0.15, 0.2) is 5.82 Å². The van der Waals surface area contributed by atoms with E-state index in [1.807, 2.05) is 25.1 Å². The summed E-state index contributed by atoms with van der Waals surface area (Å²) in [7, 11) is 0. The largest absolute Gasteiger partial charge is 0.365 e. The van der Waals surface area contributed by atoms with E-state index in [4.69, 9.17) is 11.6 Å². The Kier molecular flexibility index (Phi) is 5.36. The smallest absolute Gasteiger partial charge is 0.297 e. The molecule has 0 saturated carbocycles. The molecule has 0 saturated heterocycles. The van der Waals surface area contributed by atoms with Gasteiger partial charge in [-0.25, -0.2) is 4.98 Å². The first-order valence-corrected chi connectivity index (χ1v) is 8.79. The van der Waals surface area contributed by atoms with Gasteiger partial charge in [0.2, 0.25) is 0 Å². The van der Waals surface area contributed by atoms with Crippen LogP contribution in [0.25, 0.3) is 5.69 Å². The van der Waals surface area contributed by atoms with Crippen LogP contribution < -0.4 is 10.9 Å². The van der Waals surface area contributed by atoms with E-state index in [0.717, 1.165) is 24.2 Å². The minimum atomic E-state index is -0.152. The standard InChI is InChI=1S/C19H22ClN3O/c1-14-16(20)8-5-9-17(14)23-13-12-22-18(19(23)24)21-11-10-15-6-3-2-4-7-15/h5-6,8-9,12-13H,2-4,7,10-11H2,1H3,(H,21,22). The predicted molar refractivity (Wildman–Crippen MR) is 99.2 cm³/mol. The summed E-state index contributed by atoms with van der Waals surface area (Å²) in [6.07, 6.45) is 11.5. The molecule has 126 valence electrons. The Balaban J connectivity index is 1.77. The molecule has 2 aromatic rings. The summed E-state index contributed by atoms with van der Waals surface area (Å²) in [6, 6.07) is 5.56. The first kappa shape index (κ1) is 16.8. The molecule has 0 radical (unpaired) electrons. The van der Waals surface area contributed by atoms with Crippen molar-refractivity contribution < 1.29 is 0 Å². The quantitative estimate of drug-likeness (QED) is 0.813. The van der Waals surface area contributed by atoms with Crippen LogP contribution in [0.4, 0.5) is 5.82 Å². The Morgan fingerprint density at radius 2 is 2.21 bits per heavy atom. The lowest BCUT2D eigenvalue weighted by atomic mass is 9.97. The van der Waals surface area contributed by atoms with E-state index < -0.39 is 0 Å². The van der Waals surface area contributed by atoms with Crippen LogP contribution in [-0.4, -0.2) is 16.1 Å². The van der Waals surface area contributed by atoms with Crippen LogP contribution in [0, 0.1) is 6.92 Å². The third kappa shape index (κ3) is 3.70. The summed E-state index contributed by atoms with van der Waals surface area (Å²) >= 11 is 6.17. The van der Waals surface area contributed by atoms with E-state index in [2.05, 4.69) is 16.4 Å². The van der Waals surface area contributed by atoms with Crippen molar-refractivity contribution in [3.63, 3.8) is 0 Å². The second kappa shape index (κ2) is 7.67. The molecule has 1 aliphatic carbocycles. The first-order valence-electron chi connectivity index (χ1n) is 8.42. The van der Waals surface area contributed by atoms with Gasteiger partial charge in [-0.2, -0.15) is 0 Å². The van der Waals surface area contributed by atoms with E-state index in [1.165, 1.54) is 31.3 Å². The lowest BCUT2D eigenvalue weighted by Gasteiger charge is -2.14. The average molecular weight is 344 g/mol. The number of hydrogen-bond acceptors (Lipinski definition) is 3. The Morgan fingerprint density at radius 3 is 3.00 bits per heavy atom. The van der Waals surface area contributed by atoms with Gasteiger partial charge in [-0.3, -0.25) is 9.36 Å². The molecule has 0 spiro atoms. The van der Waals surface area contributed by atoms with Gasteiger partial charge < -0.3 is 5.32 Å². The molecule has 1 aliphatic rings. The molecule has 0 unspecified atom stereocenters. The Bertz CT molecular complexity index is 810. The van der Waals surface area contributed by atoms with Crippen LogP contribution >= 0.6 is 11.6 Å². The molecule has 0 aliphatic heterocycles. The summed E-state index contributed by atoms with van der Waals surface area (Å²) in [6.45, 7) is 2.64. The van der Waals surface area contributed by atoms with Crippen molar-refractivity contribution in [2.45, 2.75) is 39.0 Å². The van der Waals surface area contributed by atoms with Crippen LogP contribution in [0.15, 0.2) is 47.0 Å². The van der Waals surface area contributed by atoms with E-state index in [0.29, 0.717) is 10.8 Å². The van der Waals surface area contributed by atoms with Gasteiger partial charge in [-0.15, -0.1) is 0 Å². The van der Waals surface area contributed by atoms with Crippen molar-refractivity contribution in [3.8, 4) is 5.69 Å². The second-order valence-electron chi connectivity index (χ2n) is 6.12. The van der Waals surface area contributed by atoms with Crippen molar-refractivity contribution in [2.24, 2.45) is 0 Å². The molecule has 3 rings (SSSR count). The maximum atomic E-state index is 12.7. The molecule has 0 bridgehead atoms. The van der Waals surface area contributed by atoms with Crippen LogP contribution in [0.3, 0.4) is 0 Å². The van der Waals surface area contributed by atoms with Gasteiger partial charge in [-0.05, 0) is 56.7 Å². The molecule has 0 atom stereocenters. The van der Waals surface area contributed by atoms with E-state index >= 15 is 0 Å². The van der Waals surface area contributed by atoms with Crippen LogP contribution in [0.2, 0.25) is 5.02 Å². The van der Waals surface area contributed by atoms with Crippen LogP contribution in [0.1, 0.15) is 37.7 Å². The molecule has 0 fully saturated rings. The maximum Gasteiger partial charge on any atom is 0.297 e. The highest BCUT2D eigenvalue weighted by atomic mass is 35.5. The highest BCUT2D eigenvalue weighted by Gasteiger charge is 2.10. The van der Waals surface area contributed by atoms with Gasteiger partial charge in [0.1, 0.15) is 0 Å². The Labute approximate surface area is 147 Å². The van der Waals surface area contributed by atoms with Gasteiger partial charge in [-0.1, -0.05) is 29.3 Å². The van der Waals surface area contributed by atoms with Gasteiger partial charge in [0, 0.05) is 24.0 Å². The molecule has 1 N–H and O–H groups in total. The molecule has 5 heteroatoms. The number of allylic oxidation sites excluding steroid dienone is 1. The SMILES string of the molecule is Cc1c(Cl)cccc1-n1ccnc(NCCC2=CCCCC2)c1=O. The lowest BCUT2D eigenvalue weighted by molar-refractivity contribution is 0.679. The number of nitrogens with zero attached hydrogens (tertiary/aromatic N) is 2. The second-order valence-corrected chi connectivity index (χ2v) is 6.53. The van der Waals surface area contributed by atoms with Crippen molar-refractivity contribution in [1.29, 1.82) is 0 Å². The van der Waals surface area contributed by atoms with Crippen molar-refractivity contribution in [1.82, 2.24) is 9.55 Å². The van der Waals surface area contributed by atoms with Gasteiger partial charge in [0.25, 0.3) is 5.56 Å². The van der Waals surface area contributed by atoms with Gasteiger partial charge in [0.05, 0.1) is 5.69 Å². The van der Waals surface area contributed by atoms with Gasteiger partial charge >= 0.3 is 0 Å². The number of aromatic nitrogens is 2. The first-order chi connectivity index (χ1) is 11.7. The Hall–Kier alpha value is -2.07. The zero-order valence-corrected chi connectivity index (χ0v) is 14.6. The Morgan fingerprint density at radius 1 is 1.33 bits per heavy atom. The number of benzene rings is 1. The molecule has 1 heterocycles. The van der Waals surface area contributed by atoms with Crippen LogP contribution in [0.5, 0.6) is 0 Å². The monoisotopic (exact) mass is 343 g/mol. The molecular weight excluding hydrogens is 322 g/mol. The zero-order chi connectivity index (χ0) is 16.9. The molecule has 1 aromatic carbocycles. The predicted octanol–water partition coefficient (Wildman–Crippen LogP) is 4.50. The number of hydrogen-bond donors (Lipinski definition) is 1. The van der Waals surface area contributed by atoms with E-state index in [1.54, 1.807) is 17.0 Å². The fourth-order valence-corrected chi connectivity index (χ4v) is 3.22. The number of anilines is 1. The third-order valence-electron chi connectivity index (χ3n) is 4.46. The van der Waals surface area contributed by atoms with E-state index in [9.17, 15) is 4.79 Å². The minimum Gasteiger partial charge on any atom is -0.365 e. The summed E-state index contributed by atoms with van der Waals surface area (Å²) in [5.74, 6) is 0.383. The summed E-state index contributed by atoms with van der Waals surface area (Å²) < 4.78 is 1.59. The summed E-state index contributed by atoms with van der Waals surface area (Å²) in [4.78, 5) is 16.9. The number of rotatable bonds is 5. The minimum absolute atomic E-state index is 0.152. The van der Waals surface area contributed by atoms with E-state index in [-0.39, 0.29) is 5.56 Å². The molecule has 0 amide bonds. The molecule has 4 nitrogen and oxygen atoms in total. The highest BCUT2D eigenvalue weighted by molar-refractivity contribution is 6.31. The average Bonchev–Trinajstić information content (AvgIpc) is 2.60. The van der Waals surface area contributed by atoms with Crippen LogP contribution in [-0.2, 0) is 0 Å². The fraction of sp³-hybridized carbons (Fsp3) is 0.368. The zero-order valence-electron chi connectivity index (χ0n) is 13.9. The van der Waals surface area contributed by atoms with Crippen molar-refractivity contribution in [3.05, 3.63) is 63.2 Å². The number of halogens is 1. The summed E-state index contributed by atoms with van der Waals surface area (Å²) in [5, 5.41) is 3.83. The topological polar surface area (TPSA) is 46.9 Å². The fourth-order valence-electron chi connectivity index (χ4n) is 3.05.